The van der Waals surface area contributed by atoms with Crippen LogP contribution in [0.15, 0.2) is 24.3 Å². The van der Waals surface area contributed by atoms with Crippen molar-refractivity contribution in [1.82, 2.24) is 5.32 Å². The molecule has 0 bridgehead atoms. The third-order valence-corrected chi connectivity index (χ3v) is 4.63. The molecule has 2 N–H and O–H groups in total. The lowest BCUT2D eigenvalue weighted by Crippen LogP contribution is -2.19. The van der Waals surface area contributed by atoms with Crippen LogP contribution in [0.1, 0.15) is 81.5 Å². The number of benzene rings is 1. The summed E-state index contributed by atoms with van der Waals surface area (Å²) < 4.78 is 11.1. The van der Waals surface area contributed by atoms with Crippen LogP contribution in [-0.4, -0.2) is 44.0 Å². The maximum atomic E-state index is 12.0. The molecule has 1 aromatic carbocycles. The Kier molecular flexibility index (Phi) is 15.3. The summed E-state index contributed by atoms with van der Waals surface area (Å²) >= 11 is 0. The summed E-state index contributed by atoms with van der Waals surface area (Å²) in [7, 11) is 0. The molecule has 0 aliphatic heterocycles. The quantitative estimate of drug-likeness (QED) is 0.279. The zero-order chi connectivity index (χ0) is 20.3. The van der Waals surface area contributed by atoms with Gasteiger partial charge in [-0.2, -0.15) is 0 Å². The fourth-order valence-corrected chi connectivity index (χ4v) is 2.92. The molecule has 1 rings (SSSR count). The van der Waals surface area contributed by atoms with Crippen molar-refractivity contribution in [2.24, 2.45) is 0 Å². The highest BCUT2D eigenvalue weighted by Gasteiger charge is 2.07. The summed E-state index contributed by atoms with van der Waals surface area (Å²) in [5.41, 5.74) is 0.563. The molecule has 0 unspecified atom stereocenters. The highest BCUT2D eigenvalue weighted by molar-refractivity contribution is 5.89. The van der Waals surface area contributed by atoms with Crippen LogP contribution in [0.4, 0.5) is 0 Å². The Morgan fingerprint density at radius 1 is 0.857 bits per heavy atom. The Bertz CT molecular complexity index is 490. The molecule has 1 aromatic rings. The van der Waals surface area contributed by atoms with E-state index in [1.165, 1.54) is 38.5 Å². The van der Waals surface area contributed by atoms with Crippen LogP contribution in [0.2, 0.25) is 0 Å². The minimum Gasteiger partial charge on any atom is -0.494 e. The maximum Gasteiger partial charge on any atom is 0.338 e. The van der Waals surface area contributed by atoms with E-state index in [2.05, 4.69) is 12.2 Å². The Labute approximate surface area is 170 Å². The fourth-order valence-electron chi connectivity index (χ4n) is 2.92. The van der Waals surface area contributed by atoms with Crippen molar-refractivity contribution < 1.29 is 19.4 Å². The zero-order valence-electron chi connectivity index (χ0n) is 17.6. The average Bonchev–Trinajstić information content (AvgIpc) is 2.72. The normalized spacial score (nSPS) is 10.8. The molecule has 5 heteroatoms. The molecule has 0 radical (unpaired) electrons. The van der Waals surface area contributed by atoms with Gasteiger partial charge in [0.1, 0.15) is 5.75 Å². The first-order valence-electron chi connectivity index (χ1n) is 11.0. The van der Waals surface area contributed by atoms with Crippen molar-refractivity contribution in [3.05, 3.63) is 29.8 Å². The summed E-state index contributed by atoms with van der Waals surface area (Å²) in [6.07, 6.45) is 11.7. The minimum atomic E-state index is -0.281. The van der Waals surface area contributed by atoms with Crippen molar-refractivity contribution in [1.29, 1.82) is 0 Å². The molecule has 0 aromatic heterocycles. The number of esters is 1. The van der Waals surface area contributed by atoms with Crippen LogP contribution in [0.5, 0.6) is 5.75 Å². The molecule has 0 atom stereocenters. The number of nitrogens with one attached hydrogen (secondary N) is 1. The first-order chi connectivity index (χ1) is 13.8. The van der Waals surface area contributed by atoms with E-state index in [-0.39, 0.29) is 12.6 Å². The van der Waals surface area contributed by atoms with Crippen molar-refractivity contribution in [3.63, 3.8) is 0 Å². The lowest BCUT2D eigenvalue weighted by molar-refractivity contribution is 0.0498. The van der Waals surface area contributed by atoms with Gasteiger partial charge in [-0.15, -0.1) is 0 Å². The number of carbonyl (C=O) groups is 1. The number of ether oxygens (including phenoxy) is 2. The molecular weight excluding hydrogens is 354 g/mol. The van der Waals surface area contributed by atoms with E-state index in [0.29, 0.717) is 18.7 Å². The molecule has 0 amide bonds. The largest absolute Gasteiger partial charge is 0.494 e. The topological polar surface area (TPSA) is 67.8 Å². The molecule has 0 aliphatic carbocycles. The maximum absolute atomic E-state index is 12.0. The number of hydrogen-bond acceptors (Lipinski definition) is 5. The van der Waals surface area contributed by atoms with Crippen molar-refractivity contribution in [2.75, 3.05) is 32.9 Å². The smallest absolute Gasteiger partial charge is 0.338 e. The van der Waals surface area contributed by atoms with E-state index in [1.54, 1.807) is 12.1 Å². The van der Waals surface area contributed by atoms with E-state index in [1.807, 2.05) is 12.1 Å². The Morgan fingerprint density at radius 3 is 2.21 bits per heavy atom. The summed E-state index contributed by atoms with van der Waals surface area (Å²) in [5, 5.41) is 11.8. The van der Waals surface area contributed by atoms with E-state index >= 15 is 0 Å². The van der Waals surface area contributed by atoms with Crippen LogP contribution >= 0.6 is 0 Å². The summed E-state index contributed by atoms with van der Waals surface area (Å²) in [6.45, 7) is 5.09. The molecule has 0 heterocycles. The Balaban J connectivity index is 2.07. The lowest BCUT2D eigenvalue weighted by atomic mass is 10.1. The van der Waals surface area contributed by atoms with E-state index < -0.39 is 0 Å². The second-order valence-electron chi connectivity index (χ2n) is 7.16. The number of carbonyl (C=O) groups excluding carboxylic acids is 1. The predicted octanol–water partition coefficient (Wildman–Crippen LogP) is 4.73. The van der Waals surface area contributed by atoms with Crippen molar-refractivity contribution >= 4 is 5.97 Å². The Hall–Kier alpha value is -1.59. The zero-order valence-corrected chi connectivity index (χ0v) is 17.6. The molecular formula is C23H39NO4. The number of aliphatic hydroxyl groups excluding tert-OH is 1. The highest BCUT2D eigenvalue weighted by atomic mass is 16.5. The van der Waals surface area contributed by atoms with Gasteiger partial charge in [-0.25, -0.2) is 4.79 Å². The van der Waals surface area contributed by atoms with Gasteiger partial charge in [0.25, 0.3) is 0 Å². The number of rotatable bonds is 18. The second kappa shape index (κ2) is 17.5. The summed E-state index contributed by atoms with van der Waals surface area (Å²) in [4.78, 5) is 12.0. The lowest BCUT2D eigenvalue weighted by Gasteiger charge is -2.08. The van der Waals surface area contributed by atoms with E-state index in [9.17, 15) is 4.79 Å². The van der Waals surface area contributed by atoms with Gasteiger partial charge in [-0.05, 0) is 56.5 Å². The average molecular weight is 394 g/mol. The molecule has 0 aliphatic rings. The fraction of sp³-hybridized carbons (Fsp3) is 0.696. The van der Waals surface area contributed by atoms with E-state index in [0.717, 1.165) is 44.6 Å². The summed E-state index contributed by atoms with van der Waals surface area (Å²) in [6, 6.07) is 7.21. The van der Waals surface area contributed by atoms with Crippen LogP contribution in [0.25, 0.3) is 0 Å². The van der Waals surface area contributed by atoms with Crippen molar-refractivity contribution in [2.45, 2.75) is 71.1 Å². The van der Waals surface area contributed by atoms with Crippen LogP contribution < -0.4 is 10.1 Å². The molecule has 0 spiro atoms. The third kappa shape index (κ3) is 12.7. The molecule has 160 valence electrons. The van der Waals surface area contributed by atoms with Crippen LogP contribution in [-0.2, 0) is 4.74 Å². The first kappa shape index (κ1) is 24.4. The molecule has 0 saturated heterocycles. The second-order valence-corrected chi connectivity index (χ2v) is 7.16. The monoisotopic (exact) mass is 393 g/mol. The number of hydrogen-bond donors (Lipinski definition) is 2. The van der Waals surface area contributed by atoms with Gasteiger partial charge in [0, 0.05) is 6.54 Å². The van der Waals surface area contributed by atoms with Gasteiger partial charge >= 0.3 is 5.97 Å². The van der Waals surface area contributed by atoms with Gasteiger partial charge in [-0.3, -0.25) is 0 Å². The Morgan fingerprint density at radius 2 is 1.50 bits per heavy atom. The van der Waals surface area contributed by atoms with Crippen molar-refractivity contribution in [3.8, 4) is 5.75 Å². The van der Waals surface area contributed by atoms with Gasteiger partial charge in [0.15, 0.2) is 0 Å². The van der Waals surface area contributed by atoms with E-state index in [4.69, 9.17) is 14.6 Å². The molecule has 28 heavy (non-hydrogen) atoms. The van der Waals surface area contributed by atoms with Crippen LogP contribution in [0, 0.1) is 0 Å². The van der Waals surface area contributed by atoms with Gasteiger partial charge < -0.3 is 19.9 Å². The first-order valence-corrected chi connectivity index (χ1v) is 11.0. The molecule has 5 nitrogen and oxygen atoms in total. The number of aliphatic hydroxyl groups is 1. The van der Waals surface area contributed by atoms with Gasteiger partial charge in [0.2, 0.25) is 0 Å². The van der Waals surface area contributed by atoms with Gasteiger partial charge in [-0.1, -0.05) is 45.4 Å². The highest BCUT2D eigenvalue weighted by Crippen LogP contribution is 2.14. The SMILES string of the molecule is CCCCCCCCCOc1ccc(C(=O)OCCCCCNCCO)cc1. The molecule has 0 fully saturated rings. The minimum absolute atomic E-state index is 0.167. The summed E-state index contributed by atoms with van der Waals surface area (Å²) in [5.74, 6) is 0.523. The predicted molar refractivity (Wildman–Crippen MR) is 114 cm³/mol. The van der Waals surface area contributed by atoms with Crippen LogP contribution in [0.3, 0.4) is 0 Å². The number of unbranched alkanes of at least 4 members (excludes halogenated alkanes) is 8. The third-order valence-electron chi connectivity index (χ3n) is 4.63. The van der Waals surface area contributed by atoms with Gasteiger partial charge in [0.05, 0.1) is 25.4 Å². The standard InChI is InChI=1S/C23H39NO4/c1-2-3-4-5-6-7-10-19-27-22-14-12-21(13-15-22)23(26)28-20-11-8-9-16-24-17-18-25/h12-15,24-25H,2-11,16-20H2,1H3. The molecule has 0 saturated carbocycles.